The molecule has 0 saturated carbocycles. The minimum atomic E-state index is 0.104. The maximum Gasteiger partial charge on any atom is 0.222 e. The van der Waals surface area contributed by atoms with E-state index in [1.165, 1.54) is 11.3 Å². The second kappa shape index (κ2) is 6.75. The Labute approximate surface area is 121 Å². The predicted octanol–water partition coefficient (Wildman–Crippen LogP) is 1.77. The maximum absolute atomic E-state index is 12.1. The Morgan fingerprint density at radius 1 is 1.30 bits per heavy atom. The standard InChI is InChI=1S/C16H25N3O/c1-13-4-3-5-15(12-13)18-8-10-19(11-9-18)16(20)7-6-14(2)17/h3-5,12,14H,6-11,17H2,1-2H3. The van der Waals surface area contributed by atoms with Crippen LogP contribution in [-0.4, -0.2) is 43.0 Å². The summed E-state index contributed by atoms with van der Waals surface area (Å²) in [7, 11) is 0. The highest BCUT2D eigenvalue weighted by molar-refractivity contribution is 5.76. The minimum absolute atomic E-state index is 0.104. The van der Waals surface area contributed by atoms with Gasteiger partial charge in [0.15, 0.2) is 0 Å². The molecule has 20 heavy (non-hydrogen) atoms. The summed E-state index contributed by atoms with van der Waals surface area (Å²) in [6.45, 7) is 7.50. The number of amides is 1. The summed E-state index contributed by atoms with van der Waals surface area (Å²) in [6.07, 6.45) is 1.35. The van der Waals surface area contributed by atoms with Crippen LogP contribution in [0.5, 0.6) is 0 Å². The van der Waals surface area contributed by atoms with Gasteiger partial charge < -0.3 is 15.5 Å². The van der Waals surface area contributed by atoms with Gasteiger partial charge in [-0.1, -0.05) is 12.1 Å². The van der Waals surface area contributed by atoms with Crippen LogP contribution in [0.2, 0.25) is 0 Å². The molecule has 1 atom stereocenters. The highest BCUT2D eigenvalue weighted by atomic mass is 16.2. The molecular weight excluding hydrogens is 250 g/mol. The molecule has 1 aliphatic rings. The highest BCUT2D eigenvalue weighted by Crippen LogP contribution is 2.18. The Hall–Kier alpha value is -1.55. The summed E-state index contributed by atoms with van der Waals surface area (Å²) in [5.74, 6) is 0.242. The molecule has 0 bridgehead atoms. The fourth-order valence-corrected chi connectivity index (χ4v) is 2.55. The molecule has 1 saturated heterocycles. The van der Waals surface area contributed by atoms with Crippen LogP contribution in [0.3, 0.4) is 0 Å². The number of carbonyl (C=O) groups is 1. The molecule has 0 radical (unpaired) electrons. The van der Waals surface area contributed by atoms with Crippen LogP contribution in [0.1, 0.15) is 25.3 Å². The molecule has 4 nitrogen and oxygen atoms in total. The van der Waals surface area contributed by atoms with Gasteiger partial charge in [-0.2, -0.15) is 0 Å². The lowest BCUT2D eigenvalue weighted by atomic mass is 10.1. The van der Waals surface area contributed by atoms with Gasteiger partial charge >= 0.3 is 0 Å². The molecule has 4 heteroatoms. The average Bonchev–Trinajstić information content (AvgIpc) is 2.45. The van der Waals surface area contributed by atoms with Gasteiger partial charge in [-0.3, -0.25) is 4.79 Å². The third kappa shape index (κ3) is 3.97. The molecule has 0 aromatic heterocycles. The molecule has 0 aliphatic carbocycles. The van der Waals surface area contributed by atoms with Crippen LogP contribution in [0.4, 0.5) is 5.69 Å². The molecule has 1 aliphatic heterocycles. The number of nitrogens with two attached hydrogens (primary N) is 1. The van der Waals surface area contributed by atoms with Crippen molar-refractivity contribution in [2.75, 3.05) is 31.1 Å². The number of piperazine rings is 1. The molecule has 1 amide bonds. The van der Waals surface area contributed by atoms with Gasteiger partial charge in [-0.25, -0.2) is 0 Å². The largest absolute Gasteiger partial charge is 0.368 e. The number of aryl methyl sites for hydroxylation is 1. The van der Waals surface area contributed by atoms with E-state index in [9.17, 15) is 4.79 Å². The summed E-state index contributed by atoms with van der Waals surface area (Å²) < 4.78 is 0. The first-order valence-corrected chi connectivity index (χ1v) is 7.41. The van der Waals surface area contributed by atoms with E-state index < -0.39 is 0 Å². The van der Waals surface area contributed by atoms with Crippen LogP contribution in [0.25, 0.3) is 0 Å². The maximum atomic E-state index is 12.1. The number of benzene rings is 1. The summed E-state index contributed by atoms with van der Waals surface area (Å²) in [5, 5.41) is 0. The molecule has 110 valence electrons. The zero-order valence-electron chi connectivity index (χ0n) is 12.5. The Morgan fingerprint density at radius 2 is 2.00 bits per heavy atom. The second-order valence-corrected chi connectivity index (χ2v) is 5.72. The van der Waals surface area contributed by atoms with Crippen molar-refractivity contribution in [1.29, 1.82) is 0 Å². The quantitative estimate of drug-likeness (QED) is 0.911. The van der Waals surface area contributed by atoms with Gasteiger partial charge in [0.05, 0.1) is 0 Å². The van der Waals surface area contributed by atoms with E-state index in [2.05, 4.69) is 36.1 Å². The van der Waals surface area contributed by atoms with Crippen molar-refractivity contribution >= 4 is 11.6 Å². The first-order chi connectivity index (χ1) is 9.56. The first-order valence-electron chi connectivity index (χ1n) is 7.41. The van der Waals surface area contributed by atoms with Crippen molar-refractivity contribution in [3.63, 3.8) is 0 Å². The monoisotopic (exact) mass is 275 g/mol. The topological polar surface area (TPSA) is 49.6 Å². The van der Waals surface area contributed by atoms with Crippen molar-refractivity contribution in [2.24, 2.45) is 5.73 Å². The SMILES string of the molecule is Cc1cccc(N2CCN(C(=O)CCC(C)N)CC2)c1. The zero-order chi connectivity index (χ0) is 14.5. The number of carbonyl (C=O) groups excluding carboxylic acids is 1. The molecular formula is C16H25N3O. The molecule has 1 aromatic rings. The summed E-state index contributed by atoms with van der Waals surface area (Å²) in [5.41, 5.74) is 8.24. The van der Waals surface area contributed by atoms with E-state index in [4.69, 9.17) is 5.73 Å². The lowest BCUT2D eigenvalue weighted by Crippen LogP contribution is -2.49. The molecule has 1 aromatic carbocycles. The first kappa shape index (κ1) is 14.9. The third-order valence-electron chi connectivity index (χ3n) is 3.81. The van der Waals surface area contributed by atoms with Gasteiger partial charge in [0.2, 0.25) is 5.91 Å². The molecule has 1 fully saturated rings. The van der Waals surface area contributed by atoms with Gasteiger partial charge in [-0.15, -0.1) is 0 Å². The van der Waals surface area contributed by atoms with Crippen LogP contribution in [0, 0.1) is 6.92 Å². The van der Waals surface area contributed by atoms with E-state index in [1.54, 1.807) is 0 Å². The second-order valence-electron chi connectivity index (χ2n) is 5.72. The van der Waals surface area contributed by atoms with Crippen molar-refractivity contribution in [3.8, 4) is 0 Å². The van der Waals surface area contributed by atoms with Crippen molar-refractivity contribution < 1.29 is 4.79 Å². The molecule has 1 heterocycles. The smallest absolute Gasteiger partial charge is 0.222 e. The van der Waals surface area contributed by atoms with Crippen LogP contribution in [-0.2, 0) is 4.79 Å². The van der Waals surface area contributed by atoms with Crippen LogP contribution in [0.15, 0.2) is 24.3 Å². The zero-order valence-corrected chi connectivity index (χ0v) is 12.5. The molecule has 0 spiro atoms. The number of hydrogen-bond donors (Lipinski definition) is 1. The van der Waals surface area contributed by atoms with Gasteiger partial charge in [0.25, 0.3) is 0 Å². The van der Waals surface area contributed by atoms with Gasteiger partial charge in [0.1, 0.15) is 0 Å². The highest BCUT2D eigenvalue weighted by Gasteiger charge is 2.21. The number of anilines is 1. The minimum Gasteiger partial charge on any atom is -0.368 e. The Balaban J connectivity index is 1.84. The van der Waals surface area contributed by atoms with E-state index >= 15 is 0 Å². The normalized spacial score (nSPS) is 17.1. The van der Waals surface area contributed by atoms with E-state index in [0.29, 0.717) is 6.42 Å². The predicted molar refractivity (Wildman–Crippen MR) is 82.9 cm³/mol. The summed E-state index contributed by atoms with van der Waals surface area (Å²) in [4.78, 5) is 16.4. The Kier molecular flexibility index (Phi) is 5.01. The summed E-state index contributed by atoms with van der Waals surface area (Å²) >= 11 is 0. The van der Waals surface area contributed by atoms with Gasteiger partial charge in [-0.05, 0) is 38.0 Å². The fourth-order valence-electron chi connectivity index (χ4n) is 2.55. The van der Waals surface area contributed by atoms with E-state index in [-0.39, 0.29) is 11.9 Å². The van der Waals surface area contributed by atoms with Gasteiger partial charge in [0, 0.05) is 44.3 Å². The van der Waals surface area contributed by atoms with Crippen molar-refractivity contribution in [2.45, 2.75) is 32.7 Å². The van der Waals surface area contributed by atoms with Crippen molar-refractivity contribution in [1.82, 2.24) is 4.90 Å². The molecule has 1 unspecified atom stereocenters. The average molecular weight is 275 g/mol. The third-order valence-corrected chi connectivity index (χ3v) is 3.81. The van der Waals surface area contributed by atoms with Crippen LogP contribution >= 0.6 is 0 Å². The van der Waals surface area contributed by atoms with Crippen LogP contribution < -0.4 is 10.6 Å². The van der Waals surface area contributed by atoms with E-state index in [1.807, 2.05) is 11.8 Å². The molecule has 2 N–H and O–H groups in total. The number of nitrogens with zero attached hydrogens (tertiary/aromatic N) is 2. The molecule has 2 rings (SSSR count). The summed E-state index contributed by atoms with van der Waals surface area (Å²) in [6, 6.07) is 8.64. The Morgan fingerprint density at radius 3 is 2.60 bits per heavy atom. The number of hydrogen-bond acceptors (Lipinski definition) is 3. The lowest BCUT2D eigenvalue weighted by molar-refractivity contribution is -0.131. The number of rotatable bonds is 4. The fraction of sp³-hybridized carbons (Fsp3) is 0.562. The lowest BCUT2D eigenvalue weighted by Gasteiger charge is -2.36. The van der Waals surface area contributed by atoms with E-state index in [0.717, 1.165) is 32.6 Å². The van der Waals surface area contributed by atoms with Crippen molar-refractivity contribution in [3.05, 3.63) is 29.8 Å². The Bertz CT molecular complexity index is 451.